The molecule has 1 amide bonds. The normalized spacial score (nSPS) is 12.9. The lowest BCUT2D eigenvalue weighted by Crippen LogP contribution is -2.35. The third-order valence-corrected chi connectivity index (χ3v) is 4.44. The van der Waals surface area contributed by atoms with Gasteiger partial charge in [-0.15, -0.1) is 0 Å². The van der Waals surface area contributed by atoms with E-state index in [1.54, 1.807) is 0 Å². The Balaban J connectivity index is 2.34. The van der Waals surface area contributed by atoms with Gasteiger partial charge in [-0.3, -0.25) is 9.32 Å². The van der Waals surface area contributed by atoms with E-state index >= 15 is 0 Å². The average Bonchev–Trinajstić information content (AvgIpc) is 2.87. The smallest absolute Gasteiger partial charge is 0.320 e. The van der Waals surface area contributed by atoms with E-state index in [-0.39, 0.29) is 5.03 Å². The molecule has 27 heavy (non-hydrogen) atoms. The van der Waals surface area contributed by atoms with Crippen molar-refractivity contribution in [2.75, 3.05) is 5.32 Å². The third kappa shape index (κ3) is 3.94. The minimum absolute atomic E-state index is 0.122. The molecule has 0 aliphatic carbocycles. The van der Waals surface area contributed by atoms with Crippen molar-refractivity contribution >= 4 is 23.4 Å². The SMILES string of the molecule is CC(Sc1c(=O)o[nH][n+]1C)C(=O)Nc1c(F)c(F)c(C(F)(F)F)c(F)c1F. The van der Waals surface area contributed by atoms with Crippen LogP contribution in [0.2, 0.25) is 0 Å². The predicted molar refractivity (Wildman–Crippen MR) is 75.7 cm³/mol. The largest absolute Gasteiger partial charge is 0.441 e. The first kappa shape index (κ1) is 20.8. The molecule has 0 aliphatic heterocycles. The maximum atomic E-state index is 13.8. The summed E-state index contributed by atoms with van der Waals surface area (Å²) in [7, 11) is 1.35. The highest BCUT2D eigenvalue weighted by Gasteiger charge is 2.42. The Morgan fingerprint density at radius 2 is 1.67 bits per heavy atom. The second-order valence-electron chi connectivity index (χ2n) is 5.10. The number of benzene rings is 1. The average molecular weight is 420 g/mol. The molecule has 1 unspecified atom stereocenters. The fraction of sp³-hybridized carbons (Fsp3) is 0.308. The Kier molecular flexibility index (Phi) is 5.58. The molecule has 2 aromatic rings. The first-order chi connectivity index (χ1) is 12.4. The van der Waals surface area contributed by atoms with Crippen LogP contribution in [0.5, 0.6) is 0 Å². The van der Waals surface area contributed by atoms with E-state index in [9.17, 15) is 40.3 Å². The number of H-pyrrole nitrogens is 1. The third-order valence-electron chi connectivity index (χ3n) is 3.21. The molecular weight excluding hydrogens is 411 g/mol. The van der Waals surface area contributed by atoms with Gasteiger partial charge in [0.05, 0.1) is 5.25 Å². The van der Waals surface area contributed by atoms with Crippen molar-refractivity contribution in [1.82, 2.24) is 5.27 Å². The minimum atomic E-state index is -5.70. The molecule has 0 radical (unpaired) electrons. The van der Waals surface area contributed by atoms with Gasteiger partial charge < -0.3 is 5.32 Å². The van der Waals surface area contributed by atoms with Crippen molar-refractivity contribution in [2.45, 2.75) is 23.4 Å². The number of alkyl halides is 3. The number of anilines is 1. The molecule has 2 N–H and O–H groups in total. The van der Waals surface area contributed by atoms with Gasteiger partial charge in [0.25, 0.3) is 0 Å². The lowest BCUT2D eigenvalue weighted by atomic mass is 10.1. The molecule has 1 aromatic heterocycles. The van der Waals surface area contributed by atoms with E-state index in [1.807, 2.05) is 0 Å². The molecule has 2 rings (SSSR count). The lowest BCUT2D eigenvalue weighted by molar-refractivity contribution is -0.772. The highest BCUT2D eigenvalue weighted by Crippen LogP contribution is 2.38. The number of amides is 1. The van der Waals surface area contributed by atoms with Gasteiger partial charge in [-0.05, 0) is 24.0 Å². The molecule has 14 heteroatoms. The number of hydrogen-bond acceptors (Lipinski definition) is 4. The molecule has 148 valence electrons. The molecule has 6 nitrogen and oxygen atoms in total. The fourth-order valence-electron chi connectivity index (χ4n) is 1.90. The second-order valence-corrected chi connectivity index (χ2v) is 6.43. The number of aromatic nitrogens is 2. The Morgan fingerprint density at radius 3 is 2.07 bits per heavy atom. The van der Waals surface area contributed by atoms with Gasteiger partial charge in [0.1, 0.15) is 11.3 Å². The number of nitrogens with zero attached hydrogens (tertiary/aromatic N) is 1. The van der Waals surface area contributed by atoms with E-state index < -0.39 is 57.5 Å². The van der Waals surface area contributed by atoms with Crippen LogP contribution in [0.15, 0.2) is 14.3 Å². The van der Waals surface area contributed by atoms with Crippen molar-refractivity contribution in [1.29, 1.82) is 0 Å². The molecule has 1 atom stereocenters. The standard InChI is InChI=1S/C13H8F7N3O3S/c1-3(27-11-12(25)26-22-23(11)2)10(24)21-9-7(16)5(14)4(13(18,19)20)6(15)8(9)17/h3H,1-2H3,(H-,21,22,24,25)/p+1. The number of nitrogens with one attached hydrogen (secondary N) is 2. The Labute approximate surface area is 149 Å². The van der Waals surface area contributed by atoms with Crippen molar-refractivity contribution in [2.24, 2.45) is 7.05 Å². The maximum Gasteiger partial charge on any atom is 0.441 e. The highest BCUT2D eigenvalue weighted by atomic mass is 32.2. The number of aryl methyl sites for hydroxylation is 1. The maximum absolute atomic E-state index is 13.8. The first-order valence-electron chi connectivity index (χ1n) is 6.84. The van der Waals surface area contributed by atoms with E-state index in [2.05, 4.69) is 9.79 Å². The number of rotatable bonds is 4. The van der Waals surface area contributed by atoms with Crippen molar-refractivity contribution in [3.63, 3.8) is 0 Å². The summed E-state index contributed by atoms with van der Waals surface area (Å²) in [4.78, 5) is 23.4. The Morgan fingerprint density at radius 1 is 1.15 bits per heavy atom. The second kappa shape index (κ2) is 7.25. The summed E-state index contributed by atoms with van der Waals surface area (Å²) in [6.45, 7) is 1.17. The van der Waals surface area contributed by atoms with Crippen LogP contribution in [0.4, 0.5) is 36.4 Å². The molecule has 0 saturated carbocycles. The van der Waals surface area contributed by atoms with Gasteiger partial charge >= 0.3 is 16.8 Å². The van der Waals surface area contributed by atoms with Crippen LogP contribution in [-0.4, -0.2) is 16.4 Å². The summed E-state index contributed by atoms with van der Waals surface area (Å²) in [5.74, 6) is -11.5. The van der Waals surface area contributed by atoms with Gasteiger partial charge in [0, 0.05) is 0 Å². The topological polar surface area (TPSA) is 79.0 Å². The first-order valence-corrected chi connectivity index (χ1v) is 7.72. The van der Waals surface area contributed by atoms with E-state index in [0.29, 0.717) is 11.8 Å². The van der Waals surface area contributed by atoms with E-state index in [4.69, 9.17) is 0 Å². The predicted octanol–water partition coefficient (Wildman–Crippen LogP) is 2.49. The molecule has 1 aromatic carbocycles. The summed E-state index contributed by atoms with van der Waals surface area (Å²) < 4.78 is 97.7. The van der Waals surface area contributed by atoms with Crippen LogP contribution in [0.3, 0.4) is 0 Å². The summed E-state index contributed by atoms with van der Waals surface area (Å²) >= 11 is 0.559. The molecule has 0 fully saturated rings. The van der Waals surface area contributed by atoms with Crippen molar-refractivity contribution < 1.29 is 44.7 Å². The fourth-order valence-corrected chi connectivity index (χ4v) is 2.73. The number of carbonyl (C=O) groups is 1. The number of thioether (sulfide) groups is 1. The van der Waals surface area contributed by atoms with Crippen LogP contribution in [0.25, 0.3) is 0 Å². The molecule has 0 spiro atoms. The van der Waals surface area contributed by atoms with Crippen LogP contribution in [0, 0.1) is 23.3 Å². The van der Waals surface area contributed by atoms with Gasteiger partial charge in [0.15, 0.2) is 30.3 Å². The molecule has 0 aliphatic rings. The zero-order valence-electron chi connectivity index (χ0n) is 13.3. The number of hydrogen-bond donors (Lipinski definition) is 2. The van der Waals surface area contributed by atoms with E-state index in [1.165, 1.54) is 19.3 Å². The number of aromatic amines is 1. The Hall–Kier alpha value is -2.51. The molecule has 0 bridgehead atoms. The van der Waals surface area contributed by atoms with Crippen LogP contribution in [-0.2, 0) is 18.0 Å². The summed E-state index contributed by atoms with van der Waals surface area (Å²) in [6.07, 6.45) is -5.70. The van der Waals surface area contributed by atoms with Crippen molar-refractivity contribution in [3.8, 4) is 0 Å². The Bertz CT molecular complexity index is 925. The number of halogens is 7. The highest BCUT2D eigenvalue weighted by molar-refractivity contribution is 8.00. The molecule has 0 saturated heterocycles. The van der Waals surface area contributed by atoms with Crippen molar-refractivity contribution in [3.05, 3.63) is 39.3 Å². The zero-order chi connectivity index (χ0) is 20.7. The summed E-state index contributed by atoms with van der Waals surface area (Å²) in [5.41, 5.74) is -5.35. The monoisotopic (exact) mass is 420 g/mol. The van der Waals surface area contributed by atoms with Gasteiger partial charge in [0.2, 0.25) is 5.91 Å². The van der Waals surface area contributed by atoms with E-state index in [0.717, 1.165) is 4.68 Å². The molecular formula is C13H9F7N3O3S+. The minimum Gasteiger partial charge on any atom is -0.320 e. The molecule has 1 heterocycles. The summed E-state index contributed by atoms with van der Waals surface area (Å²) in [6, 6.07) is 0. The van der Waals surface area contributed by atoms with Gasteiger partial charge in [-0.25, -0.2) is 22.4 Å². The van der Waals surface area contributed by atoms with Gasteiger partial charge in [-0.2, -0.15) is 13.2 Å². The van der Waals surface area contributed by atoms with Crippen LogP contribution in [0.1, 0.15) is 12.5 Å². The van der Waals surface area contributed by atoms with Gasteiger partial charge in [-0.1, -0.05) is 4.68 Å². The van der Waals surface area contributed by atoms with Crippen LogP contribution >= 0.6 is 11.8 Å². The van der Waals surface area contributed by atoms with Crippen LogP contribution < -0.4 is 15.6 Å². The number of carbonyl (C=O) groups excluding carboxylic acids is 1. The zero-order valence-corrected chi connectivity index (χ0v) is 14.1. The summed E-state index contributed by atoms with van der Waals surface area (Å²) in [5, 5.41) is 2.25. The quantitative estimate of drug-likeness (QED) is 0.345. The lowest BCUT2D eigenvalue weighted by Gasteiger charge is -2.15.